The van der Waals surface area contributed by atoms with Gasteiger partial charge in [0, 0.05) is 17.4 Å². The first kappa shape index (κ1) is 19.2. The van der Waals surface area contributed by atoms with Gasteiger partial charge in [0.05, 0.1) is 5.69 Å². The summed E-state index contributed by atoms with van der Waals surface area (Å²) < 4.78 is 8.50. The Bertz CT molecular complexity index is 1140. The number of fused-ring (bicyclic) bond motifs is 1. The molecule has 2 heterocycles. The summed E-state index contributed by atoms with van der Waals surface area (Å²) in [5.41, 5.74) is 3.67. The Kier molecular flexibility index (Phi) is 5.36. The zero-order valence-corrected chi connectivity index (χ0v) is 16.9. The average molecular weight is 430 g/mol. The predicted molar refractivity (Wildman–Crippen MR) is 115 cm³/mol. The molecule has 1 aromatic heterocycles. The maximum absolute atomic E-state index is 11.1. The number of anilines is 2. The molecule has 0 bridgehead atoms. The van der Waals surface area contributed by atoms with Gasteiger partial charge in [-0.2, -0.15) is 0 Å². The van der Waals surface area contributed by atoms with E-state index in [9.17, 15) is 4.79 Å². The first-order chi connectivity index (χ1) is 14.0. The van der Waals surface area contributed by atoms with Gasteiger partial charge in [0.2, 0.25) is 0 Å². The highest BCUT2D eigenvalue weighted by Crippen LogP contribution is 2.28. The van der Waals surface area contributed by atoms with Gasteiger partial charge < -0.3 is 20.5 Å². The molecule has 5 N–H and O–H groups in total. The third-order valence-corrected chi connectivity index (χ3v) is 5.28. The van der Waals surface area contributed by atoms with Crippen LogP contribution in [0.4, 0.5) is 11.4 Å². The minimum Gasteiger partial charge on any atom is -0.480 e. The zero-order valence-electron chi connectivity index (χ0n) is 15.3. The lowest BCUT2D eigenvalue weighted by Crippen LogP contribution is -2.33. The van der Waals surface area contributed by atoms with Crippen molar-refractivity contribution < 1.29 is 14.6 Å². The second-order valence-electron chi connectivity index (χ2n) is 6.60. The number of carboxylic acid groups (broad SMARTS) is 1. The highest BCUT2D eigenvalue weighted by Gasteiger charge is 2.23. The van der Waals surface area contributed by atoms with Crippen molar-refractivity contribution in [2.75, 3.05) is 17.4 Å². The van der Waals surface area contributed by atoms with Crippen molar-refractivity contribution in [2.45, 2.75) is 18.9 Å². The molecule has 1 aliphatic heterocycles. The molecule has 29 heavy (non-hydrogen) atoms. The van der Waals surface area contributed by atoms with Crippen molar-refractivity contribution in [2.24, 2.45) is 0 Å². The van der Waals surface area contributed by atoms with E-state index in [0.717, 1.165) is 29.0 Å². The normalized spacial score (nSPS) is 15.2. The number of H-pyrrole nitrogens is 2. The number of aromatic nitrogens is 3. The maximum atomic E-state index is 11.1. The Morgan fingerprint density at radius 1 is 1.21 bits per heavy atom. The SMILES string of the molecule is O=C(O)C1CCc2cc(NCOc3cccc(-n4c(=S)[nH][nH]c4=S)c3)ccc2N1. The molecule has 1 atom stereocenters. The van der Waals surface area contributed by atoms with Crippen LogP contribution in [0.25, 0.3) is 5.69 Å². The summed E-state index contributed by atoms with van der Waals surface area (Å²) in [6.45, 7) is 0.277. The van der Waals surface area contributed by atoms with Gasteiger partial charge >= 0.3 is 5.97 Å². The molecule has 8 nitrogen and oxygen atoms in total. The lowest BCUT2D eigenvalue weighted by atomic mass is 9.97. The van der Waals surface area contributed by atoms with E-state index >= 15 is 0 Å². The number of carbonyl (C=O) groups is 1. The Hall–Kier alpha value is -3.11. The molecule has 0 saturated heterocycles. The number of aromatic amines is 2. The predicted octanol–water partition coefficient (Wildman–Crippen LogP) is 3.85. The highest BCUT2D eigenvalue weighted by molar-refractivity contribution is 7.72. The molecule has 10 heteroatoms. The van der Waals surface area contributed by atoms with Crippen LogP contribution >= 0.6 is 24.4 Å². The third-order valence-electron chi connectivity index (χ3n) is 4.71. The van der Waals surface area contributed by atoms with Crippen LogP contribution in [-0.4, -0.2) is 38.6 Å². The van der Waals surface area contributed by atoms with Crippen LogP contribution in [0.1, 0.15) is 12.0 Å². The topological polar surface area (TPSA) is 107 Å². The molecule has 0 spiro atoms. The van der Waals surface area contributed by atoms with Crippen molar-refractivity contribution in [1.29, 1.82) is 0 Å². The van der Waals surface area contributed by atoms with Crippen LogP contribution < -0.4 is 15.4 Å². The fraction of sp³-hybridized carbons (Fsp3) is 0.211. The Morgan fingerprint density at radius 2 is 2.00 bits per heavy atom. The molecule has 0 saturated carbocycles. The van der Waals surface area contributed by atoms with Crippen LogP contribution in [0.2, 0.25) is 0 Å². The molecule has 1 aliphatic rings. The second-order valence-corrected chi connectivity index (χ2v) is 7.38. The summed E-state index contributed by atoms with van der Waals surface area (Å²) >= 11 is 10.5. The highest BCUT2D eigenvalue weighted by atomic mass is 32.1. The number of aliphatic carboxylic acids is 1. The Morgan fingerprint density at radius 3 is 2.76 bits per heavy atom. The van der Waals surface area contributed by atoms with Crippen LogP contribution in [0, 0.1) is 9.54 Å². The first-order valence-corrected chi connectivity index (χ1v) is 9.82. The lowest BCUT2D eigenvalue weighted by molar-refractivity contribution is -0.138. The summed E-state index contributed by atoms with van der Waals surface area (Å²) in [6.07, 6.45) is 1.29. The summed E-state index contributed by atoms with van der Waals surface area (Å²) in [5.74, 6) is -0.146. The molecule has 1 unspecified atom stereocenters. The minimum absolute atomic E-state index is 0.277. The number of nitrogens with one attached hydrogen (secondary N) is 4. The maximum Gasteiger partial charge on any atom is 0.326 e. The van der Waals surface area contributed by atoms with Crippen LogP contribution in [0.15, 0.2) is 42.5 Å². The largest absolute Gasteiger partial charge is 0.480 e. The number of hydrogen-bond acceptors (Lipinski definition) is 6. The second kappa shape index (κ2) is 8.10. The minimum atomic E-state index is -0.824. The van der Waals surface area contributed by atoms with Crippen molar-refractivity contribution in [3.05, 3.63) is 57.6 Å². The number of aryl methyl sites for hydroxylation is 1. The number of ether oxygens (including phenoxy) is 1. The van der Waals surface area contributed by atoms with E-state index in [2.05, 4.69) is 20.8 Å². The van der Waals surface area contributed by atoms with E-state index in [-0.39, 0.29) is 6.73 Å². The van der Waals surface area contributed by atoms with E-state index < -0.39 is 12.0 Å². The van der Waals surface area contributed by atoms with Gasteiger partial charge in [-0.25, -0.2) is 4.79 Å². The zero-order chi connectivity index (χ0) is 20.4. The summed E-state index contributed by atoms with van der Waals surface area (Å²) in [4.78, 5) is 11.1. The van der Waals surface area contributed by atoms with Gasteiger partial charge in [0.15, 0.2) is 16.3 Å². The van der Waals surface area contributed by atoms with Gasteiger partial charge in [0.1, 0.15) is 11.8 Å². The molecule has 4 rings (SSSR count). The number of nitrogens with zero attached hydrogens (tertiary/aromatic N) is 1. The summed E-state index contributed by atoms with van der Waals surface area (Å²) in [7, 11) is 0. The number of benzene rings is 2. The smallest absolute Gasteiger partial charge is 0.326 e. The molecule has 0 aliphatic carbocycles. The van der Waals surface area contributed by atoms with Gasteiger partial charge in [-0.3, -0.25) is 14.8 Å². The van der Waals surface area contributed by atoms with Gasteiger partial charge in [-0.05, 0) is 73.2 Å². The number of carboxylic acids is 1. The van der Waals surface area contributed by atoms with Crippen molar-refractivity contribution in [3.8, 4) is 11.4 Å². The molecule has 0 amide bonds. The molecule has 3 aromatic rings. The van der Waals surface area contributed by atoms with Crippen molar-refractivity contribution in [1.82, 2.24) is 14.8 Å². The first-order valence-electron chi connectivity index (χ1n) is 9.00. The Labute approximate surface area is 176 Å². The van der Waals surface area contributed by atoms with Crippen molar-refractivity contribution in [3.63, 3.8) is 0 Å². The van der Waals surface area contributed by atoms with Crippen molar-refractivity contribution >= 4 is 41.8 Å². The third kappa shape index (κ3) is 4.17. The standard InChI is InChI=1S/C19H19N5O3S2/c25-17(26)16-6-4-11-8-12(5-7-15(11)21-16)20-10-27-14-3-1-2-13(9-14)24-18(28)22-23-19(24)29/h1-3,5,7-9,16,20-21H,4,6,10H2,(H,22,28)(H,23,29)(H,25,26). The number of rotatable bonds is 6. The van der Waals surface area contributed by atoms with E-state index in [4.69, 9.17) is 34.3 Å². The molecule has 0 fully saturated rings. The Balaban J connectivity index is 1.40. The fourth-order valence-electron chi connectivity index (χ4n) is 3.26. The molecule has 0 radical (unpaired) electrons. The molecule has 2 aromatic carbocycles. The van der Waals surface area contributed by atoms with Gasteiger partial charge in [0.25, 0.3) is 0 Å². The van der Waals surface area contributed by atoms with E-state index in [1.54, 1.807) is 4.57 Å². The van der Waals surface area contributed by atoms with E-state index in [1.165, 1.54) is 0 Å². The van der Waals surface area contributed by atoms with Gasteiger partial charge in [-0.1, -0.05) is 6.07 Å². The van der Waals surface area contributed by atoms with Gasteiger partial charge in [-0.15, -0.1) is 0 Å². The fourth-order valence-corrected chi connectivity index (χ4v) is 3.81. The monoisotopic (exact) mass is 429 g/mol. The molecule has 150 valence electrons. The van der Waals surface area contributed by atoms with Crippen LogP contribution in [0.5, 0.6) is 5.75 Å². The quantitative estimate of drug-likeness (QED) is 0.299. The number of hydrogen-bond donors (Lipinski definition) is 5. The lowest BCUT2D eigenvalue weighted by Gasteiger charge is -2.24. The van der Waals surface area contributed by atoms with E-state index in [1.807, 2.05) is 42.5 Å². The van der Waals surface area contributed by atoms with E-state index in [0.29, 0.717) is 21.7 Å². The average Bonchev–Trinajstić information content (AvgIpc) is 3.06. The molecular formula is C19H19N5O3S2. The van der Waals surface area contributed by atoms with Crippen LogP contribution in [0.3, 0.4) is 0 Å². The molecular weight excluding hydrogens is 410 g/mol. The summed E-state index contributed by atoms with van der Waals surface area (Å²) in [5, 5.41) is 21.0. The van der Waals surface area contributed by atoms with Crippen LogP contribution in [-0.2, 0) is 11.2 Å². The summed E-state index contributed by atoms with van der Waals surface area (Å²) in [6, 6.07) is 12.8.